The van der Waals surface area contributed by atoms with Gasteiger partial charge >= 0.3 is 0 Å². The summed E-state index contributed by atoms with van der Waals surface area (Å²) < 4.78 is 24.5. The van der Waals surface area contributed by atoms with Crippen LogP contribution in [-0.4, -0.2) is 30.9 Å². The van der Waals surface area contributed by atoms with Gasteiger partial charge in [-0.15, -0.1) is 0 Å². The Morgan fingerprint density at radius 1 is 1.20 bits per heavy atom. The molecule has 2 atom stereocenters. The monoisotopic (exact) mass is 333 g/mol. The molecule has 1 aromatic rings. The Hall–Kier alpha value is -0.780. The molecule has 1 aromatic carbocycles. The topological polar surface area (TPSA) is 54.5 Å². The van der Waals surface area contributed by atoms with Gasteiger partial charge < -0.3 is 0 Å². The lowest BCUT2D eigenvalue weighted by Gasteiger charge is -2.14. The van der Waals surface area contributed by atoms with Gasteiger partial charge in [0.2, 0.25) is 15.9 Å². The van der Waals surface area contributed by atoms with E-state index < -0.39 is 10.0 Å². The van der Waals surface area contributed by atoms with E-state index in [1.165, 1.54) is 0 Å². The number of carbonyl (C=O) groups excluding carboxylic acids is 1. The van der Waals surface area contributed by atoms with Crippen molar-refractivity contribution in [3.8, 4) is 0 Å². The number of halogens is 2. The minimum absolute atomic E-state index is 0.0227. The third kappa shape index (κ3) is 2.54. The lowest BCUT2D eigenvalue weighted by Crippen LogP contribution is -2.34. The van der Waals surface area contributed by atoms with Crippen LogP contribution in [0.3, 0.4) is 0 Å². The molecule has 0 bridgehead atoms. The van der Waals surface area contributed by atoms with Crippen LogP contribution in [0.5, 0.6) is 0 Å². The summed E-state index contributed by atoms with van der Waals surface area (Å²) in [6.07, 6.45) is 1.18. The Balaban J connectivity index is 1.77. The highest BCUT2D eigenvalue weighted by molar-refractivity contribution is 7.89. The van der Waals surface area contributed by atoms with Crippen molar-refractivity contribution in [2.75, 3.05) is 12.3 Å². The Morgan fingerprint density at radius 3 is 2.40 bits per heavy atom. The lowest BCUT2D eigenvalue weighted by atomic mass is 10.1. The number of amides is 1. The van der Waals surface area contributed by atoms with E-state index in [1.54, 1.807) is 18.2 Å². The summed E-state index contributed by atoms with van der Waals surface area (Å²) >= 11 is 11.9. The van der Waals surface area contributed by atoms with Crippen LogP contribution in [0.15, 0.2) is 18.2 Å². The predicted octanol–water partition coefficient (Wildman–Crippen LogP) is 2.66. The maximum Gasteiger partial charge on any atom is 0.239 e. The minimum Gasteiger partial charge on any atom is -0.273 e. The Labute approximate surface area is 127 Å². The van der Waals surface area contributed by atoms with E-state index in [0.29, 0.717) is 29.4 Å². The van der Waals surface area contributed by atoms with Crippen molar-refractivity contribution in [2.45, 2.75) is 18.8 Å². The van der Waals surface area contributed by atoms with Crippen molar-refractivity contribution >= 4 is 39.1 Å². The van der Waals surface area contributed by atoms with Crippen LogP contribution in [0.4, 0.5) is 0 Å². The summed E-state index contributed by atoms with van der Waals surface area (Å²) in [5.74, 6) is -0.463. The Morgan fingerprint density at radius 2 is 1.85 bits per heavy atom. The summed E-state index contributed by atoms with van der Waals surface area (Å²) in [5.41, 5.74) is 0.900. The highest BCUT2D eigenvalue weighted by Crippen LogP contribution is 2.50. The Kier molecular flexibility index (Phi) is 3.47. The van der Waals surface area contributed by atoms with Crippen LogP contribution in [0.2, 0.25) is 10.0 Å². The number of nitrogens with zero attached hydrogens (tertiary/aromatic N) is 1. The third-order valence-corrected chi connectivity index (χ3v) is 6.04. The molecule has 1 aliphatic carbocycles. The van der Waals surface area contributed by atoms with Gasteiger partial charge in [-0.05, 0) is 42.5 Å². The van der Waals surface area contributed by atoms with Gasteiger partial charge in [0, 0.05) is 22.5 Å². The van der Waals surface area contributed by atoms with Crippen molar-refractivity contribution in [1.29, 1.82) is 0 Å². The van der Waals surface area contributed by atoms with Gasteiger partial charge in [-0.3, -0.25) is 4.79 Å². The molecule has 3 rings (SSSR count). The fourth-order valence-electron chi connectivity index (χ4n) is 2.70. The maximum absolute atomic E-state index is 12.3. The van der Waals surface area contributed by atoms with Crippen LogP contribution in [0.1, 0.15) is 24.3 Å². The zero-order chi connectivity index (χ0) is 14.5. The molecule has 1 aliphatic heterocycles. The van der Waals surface area contributed by atoms with Crippen LogP contribution in [0.25, 0.3) is 0 Å². The average molecular weight is 334 g/mol. The lowest BCUT2D eigenvalue weighted by molar-refractivity contribution is -0.127. The highest BCUT2D eigenvalue weighted by atomic mass is 35.5. The number of sulfonamides is 1. The quantitative estimate of drug-likeness (QED) is 0.836. The number of rotatable bonds is 2. The molecule has 4 nitrogen and oxygen atoms in total. The van der Waals surface area contributed by atoms with Gasteiger partial charge in [-0.2, -0.15) is 0 Å². The zero-order valence-corrected chi connectivity index (χ0v) is 12.9. The molecule has 2 fully saturated rings. The molecule has 0 N–H and O–H groups in total. The van der Waals surface area contributed by atoms with Crippen molar-refractivity contribution < 1.29 is 13.2 Å². The summed E-state index contributed by atoms with van der Waals surface area (Å²) in [6.45, 7) is 0.306. The highest BCUT2D eigenvalue weighted by Gasteiger charge is 2.49. The number of carbonyl (C=O) groups is 1. The van der Waals surface area contributed by atoms with Crippen LogP contribution in [0, 0.1) is 5.92 Å². The number of benzene rings is 1. The standard InChI is InChI=1S/C13H13Cl2NO3S/c14-9-4-8(5-10(15)6-9)11-7-12(11)13(17)16-2-1-3-20(16,18)19/h4-6,11-12H,1-3,7H2/t11-,12-/m0/s1. The van der Waals surface area contributed by atoms with Crippen LogP contribution >= 0.6 is 23.2 Å². The summed E-state index contributed by atoms with van der Waals surface area (Å²) in [5, 5.41) is 1.05. The molecule has 0 aromatic heterocycles. The first-order valence-corrected chi connectivity index (χ1v) is 8.75. The number of hydrogen-bond acceptors (Lipinski definition) is 3. The molecular formula is C13H13Cl2NO3S. The van der Waals surface area contributed by atoms with Gasteiger partial charge in [0.05, 0.1) is 5.75 Å². The number of hydrogen-bond donors (Lipinski definition) is 0. The fourth-order valence-corrected chi connectivity index (χ4v) is 4.77. The van der Waals surface area contributed by atoms with Crippen molar-refractivity contribution in [3.05, 3.63) is 33.8 Å². The molecule has 1 amide bonds. The normalized spacial score (nSPS) is 27.6. The molecule has 0 spiro atoms. The average Bonchev–Trinajstić information content (AvgIpc) is 3.05. The van der Waals surface area contributed by atoms with Gasteiger partial charge in [-0.1, -0.05) is 23.2 Å². The molecule has 0 unspecified atom stereocenters. The summed E-state index contributed by atoms with van der Waals surface area (Å²) in [4.78, 5) is 12.3. The van der Waals surface area contributed by atoms with E-state index in [-0.39, 0.29) is 23.5 Å². The van der Waals surface area contributed by atoms with Gasteiger partial charge in [0.25, 0.3) is 0 Å². The third-order valence-electron chi connectivity index (χ3n) is 3.77. The molecular weight excluding hydrogens is 321 g/mol. The Bertz CT molecular complexity index is 654. The second-order valence-corrected chi connectivity index (χ2v) is 8.12. The van der Waals surface area contributed by atoms with Gasteiger partial charge in [0.15, 0.2) is 0 Å². The molecule has 1 saturated heterocycles. The molecule has 7 heteroatoms. The van der Waals surface area contributed by atoms with Crippen LogP contribution in [-0.2, 0) is 14.8 Å². The van der Waals surface area contributed by atoms with Gasteiger partial charge in [-0.25, -0.2) is 12.7 Å². The fraction of sp³-hybridized carbons (Fsp3) is 0.462. The minimum atomic E-state index is -3.38. The molecule has 1 saturated carbocycles. The van der Waals surface area contributed by atoms with E-state index >= 15 is 0 Å². The van der Waals surface area contributed by atoms with Crippen molar-refractivity contribution in [1.82, 2.24) is 4.31 Å². The zero-order valence-electron chi connectivity index (χ0n) is 10.6. The molecule has 2 aliphatic rings. The molecule has 108 valence electrons. The molecule has 0 radical (unpaired) electrons. The van der Waals surface area contributed by atoms with Crippen molar-refractivity contribution in [3.63, 3.8) is 0 Å². The first kappa shape index (κ1) is 14.2. The van der Waals surface area contributed by atoms with E-state index in [1.807, 2.05) is 0 Å². The van der Waals surface area contributed by atoms with E-state index in [4.69, 9.17) is 23.2 Å². The molecule has 20 heavy (non-hydrogen) atoms. The largest absolute Gasteiger partial charge is 0.273 e. The second kappa shape index (κ2) is 4.90. The second-order valence-electron chi connectivity index (χ2n) is 5.23. The summed E-state index contributed by atoms with van der Waals surface area (Å²) in [7, 11) is -3.38. The SMILES string of the molecule is O=C([C@H]1C[C@H]1c1cc(Cl)cc(Cl)c1)N1CCCS1(=O)=O. The first-order chi connectivity index (χ1) is 9.38. The van der Waals surface area contributed by atoms with Crippen LogP contribution < -0.4 is 0 Å². The van der Waals surface area contributed by atoms with Crippen molar-refractivity contribution in [2.24, 2.45) is 5.92 Å². The first-order valence-electron chi connectivity index (χ1n) is 6.39. The smallest absolute Gasteiger partial charge is 0.239 e. The van der Waals surface area contributed by atoms with E-state index in [9.17, 15) is 13.2 Å². The predicted molar refractivity (Wildman–Crippen MR) is 77.4 cm³/mol. The van der Waals surface area contributed by atoms with E-state index in [0.717, 1.165) is 9.87 Å². The van der Waals surface area contributed by atoms with Gasteiger partial charge in [0.1, 0.15) is 0 Å². The maximum atomic E-state index is 12.3. The molecule has 1 heterocycles. The van der Waals surface area contributed by atoms with E-state index in [2.05, 4.69) is 0 Å². The summed E-state index contributed by atoms with van der Waals surface area (Å²) in [6, 6.07) is 5.20.